The van der Waals surface area contributed by atoms with Gasteiger partial charge in [-0.15, -0.1) is 0 Å². The van der Waals surface area contributed by atoms with E-state index in [9.17, 15) is 4.79 Å². The minimum atomic E-state index is 0.111. The Bertz CT molecular complexity index is 382. The Morgan fingerprint density at radius 1 is 1.11 bits per heavy atom. The predicted octanol–water partition coefficient (Wildman–Crippen LogP) is 3.73. The Kier molecular flexibility index (Phi) is 6.57. The summed E-state index contributed by atoms with van der Waals surface area (Å²) in [5.41, 5.74) is 2.12. The minimum absolute atomic E-state index is 0.111. The van der Waals surface area contributed by atoms with Crippen molar-refractivity contribution in [1.82, 2.24) is 5.32 Å². The topological polar surface area (TPSA) is 41.1 Å². The van der Waals surface area contributed by atoms with E-state index < -0.39 is 0 Å². The molecule has 0 spiro atoms. The molecule has 106 valence electrons. The molecule has 1 rings (SSSR count). The van der Waals surface area contributed by atoms with Crippen molar-refractivity contribution in [2.24, 2.45) is 5.92 Å². The van der Waals surface area contributed by atoms with Gasteiger partial charge in [0, 0.05) is 17.6 Å². The molecule has 19 heavy (non-hydrogen) atoms. The van der Waals surface area contributed by atoms with Gasteiger partial charge in [0.05, 0.1) is 0 Å². The van der Waals surface area contributed by atoms with E-state index in [1.165, 1.54) is 5.56 Å². The fourth-order valence-corrected chi connectivity index (χ4v) is 2.18. The molecule has 1 atom stereocenters. The lowest BCUT2D eigenvalue weighted by molar-refractivity contribution is -0.120. The molecule has 3 heteroatoms. The zero-order valence-electron chi connectivity index (χ0n) is 12.5. The van der Waals surface area contributed by atoms with Gasteiger partial charge in [-0.3, -0.25) is 4.79 Å². The number of nitrogens with one attached hydrogen (secondary N) is 2. The molecule has 0 heterocycles. The fraction of sp³-hybridized carbons (Fsp3) is 0.562. The summed E-state index contributed by atoms with van der Waals surface area (Å²) in [5.74, 6) is 0.234. The van der Waals surface area contributed by atoms with Crippen molar-refractivity contribution >= 4 is 11.6 Å². The third-order valence-corrected chi connectivity index (χ3v) is 3.54. The number of hydrogen-bond acceptors (Lipinski definition) is 2. The molecule has 1 unspecified atom stereocenters. The second-order valence-electron chi connectivity index (χ2n) is 4.90. The van der Waals surface area contributed by atoms with Gasteiger partial charge < -0.3 is 10.6 Å². The average Bonchev–Trinajstić information content (AvgIpc) is 2.41. The zero-order valence-corrected chi connectivity index (χ0v) is 12.5. The lowest BCUT2D eigenvalue weighted by Gasteiger charge is -2.15. The van der Waals surface area contributed by atoms with Gasteiger partial charge in [0.2, 0.25) is 5.91 Å². The summed E-state index contributed by atoms with van der Waals surface area (Å²) in [7, 11) is 0. The number of hydrogen-bond donors (Lipinski definition) is 2. The largest absolute Gasteiger partial charge is 0.326 e. The summed E-state index contributed by atoms with van der Waals surface area (Å²) >= 11 is 0. The van der Waals surface area contributed by atoms with Gasteiger partial charge in [-0.1, -0.05) is 32.9 Å². The highest BCUT2D eigenvalue weighted by Crippen LogP contribution is 2.17. The summed E-state index contributed by atoms with van der Waals surface area (Å²) in [6.07, 6.45) is 1.77. The average molecular weight is 262 g/mol. The molecular weight excluding hydrogens is 236 g/mol. The van der Waals surface area contributed by atoms with Gasteiger partial charge in [0.15, 0.2) is 0 Å². The van der Waals surface area contributed by atoms with Crippen LogP contribution in [0.15, 0.2) is 24.3 Å². The molecule has 1 aromatic rings. The highest BCUT2D eigenvalue weighted by molar-refractivity contribution is 5.92. The van der Waals surface area contributed by atoms with E-state index in [0.29, 0.717) is 6.04 Å². The first-order valence-electron chi connectivity index (χ1n) is 7.26. The van der Waals surface area contributed by atoms with E-state index >= 15 is 0 Å². The summed E-state index contributed by atoms with van der Waals surface area (Å²) in [6.45, 7) is 9.29. The van der Waals surface area contributed by atoms with Gasteiger partial charge in [-0.2, -0.15) is 0 Å². The number of carbonyl (C=O) groups is 1. The molecule has 0 aliphatic carbocycles. The minimum Gasteiger partial charge on any atom is -0.326 e. The van der Waals surface area contributed by atoms with Crippen LogP contribution in [0.5, 0.6) is 0 Å². The van der Waals surface area contributed by atoms with Crippen molar-refractivity contribution < 1.29 is 4.79 Å². The fourth-order valence-electron chi connectivity index (χ4n) is 2.18. The smallest absolute Gasteiger partial charge is 0.227 e. The first kappa shape index (κ1) is 15.7. The molecule has 0 saturated carbocycles. The maximum absolute atomic E-state index is 12.0. The van der Waals surface area contributed by atoms with E-state index in [1.54, 1.807) is 0 Å². The molecule has 1 amide bonds. The molecule has 0 aliphatic heterocycles. The molecule has 1 aromatic carbocycles. The second kappa shape index (κ2) is 7.95. The Labute approximate surface area is 116 Å². The summed E-state index contributed by atoms with van der Waals surface area (Å²) in [4.78, 5) is 12.0. The van der Waals surface area contributed by atoms with Crippen LogP contribution in [0, 0.1) is 5.92 Å². The van der Waals surface area contributed by atoms with Crippen LogP contribution in [-0.2, 0) is 4.79 Å². The van der Waals surface area contributed by atoms with E-state index in [0.717, 1.165) is 25.1 Å². The molecule has 0 radical (unpaired) electrons. The maximum Gasteiger partial charge on any atom is 0.227 e. The zero-order chi connectivity index (χ0) is 14.3. The standard InChI is InChI=1S/C16H26N2O/c1-5-13(6-2)16(19)18-15-10-8-14(9-11-15)12(4)17-7-3/h8-13,17H,5-7H2,1-4H3,(H,18,19). The number of carbonyl (C=O) groups excluding carboxylic acids is 1. The lowest BCUT2D eigenvalue weighted by atomic mass is 10.0. The van der Waals surface area contributed by atoms with Crippen LogP contribution in [0.4, 0.5) is 5.69 Å². The van der Waals surface area contributed by atoms with Crippen molar-refractivity contribution in [3.63, 3.8) is 0 Å². The monoisotopic (exact) mass is 262 g/mol. The van der Waals surface area contributed by atoms with Crippen LogP contribution >= 0.6 is 0 Å². The van der Waals surface area contributed by atoms with E-state index in [-0.39, 0.29) is 11.8 Å². The maximum atomic E-state index is 12.0. The Balaban J connectivity index is 2.64. The second-order valence-corrected chi connectivity index (χ2v) is 4.90. The Morgan fingerprint density at radius 3 is 2.16 bits per heavy atom. The number of anilines is 1. The van der Waals surface area contributed by atoms with E-state index in [1.807, 2.05) is 12.1 Å². The molecular formula is C16H26N2O. The Morgan fingerprint density at radius 2 is 1.68 bits per heavy atom. The van der Waals surface area contributed by atoms with Crippen LogP contribution in [0.3, 0.4) is 0 Å². The quantitative estimate of drug-likeness (QED) is 0.786. The van der Waals surface area contributed by atoms with Gasteiger partial charge in [0.25, 0.3) is 0 Å². The highest BCUT2D eigenvalue weighted by atomic mass is 16.1. The molecule has 0 bridgehead atoms. The van der Waals surface area contributed by atoms with Crippen LogP contribution < -0.4 is 10.6 Å². The summed E-state index contributed by atoms with van der Waals surface area (Å²) < 4.78 is 0. The van der Waals surface area contributed by atoms with Gasteiger partial charge in [0.1, 0.15) is 0 Å². The summed E-state index contributed by atoms with van der Waals surface area (Å²) in [6, 6.07) is 8.42. The third kappa shape index (κ3) is 4.67. The van der Waals surface area contributed by atoms with Crippen LogP contribution in [0.1, 0.15) is 52.1 Å². The van der Waals surface area contributed by atoms with Crippen molar-refractivity contribution in [3.8, 4) is 0 Å². The van der Waals surface area contributed by atoms with Crippen LogP contribution in [0.25, 0.3) is 0 Å². The first-order valence-corrected chi connectivity index (χ1v) is 7.26. The molecule has 0 aromatic heterocycles. The predicted molar refractivity (Wildman–Crippen MR) is 81.2 cm³/mol. The van der Waals surface area contributed by atoms with Crippen LogP contribution in [0.2, 0.25) is 0 Å². The molecule has 2 N–H and O–H groups in total. The molecule has 0 aliphatic rings. The van der Waals surface area contributed by atoms with Gasteiger partial charge in [-0.25, -0.2) is 0 Å². The molecule has 0 fully saturated rings. The van der Waals surface area contributed by atoms with Crippen molar-refractivity contribution in [3.05, 3.63) is 29.8 Å². The lowest BCUT2D eigenvalue weighted by Crippen LogP contribution is -2.21. The van der Waals surface area contributed by atoms with Crippen molar-refractivity contribution in [2.75, 3.05) is 11.9 Å². The molecule has 3 nitrogen and oxygen atoms in total. The Hall–Kier alpha value is -1.35. The number of rotatable bonds is 7. The molecule has 0 saturated heterocycles. The van der Waals surface area contributed by atoms with Gasteiger partial charge >= 0.3 is 0 Å². The SMILES string of the molecule is CCNC(C)c1ccc(NC(=O)C(CC)CC)cc1. The van der Waals surface area contributed by atoms with E-state index in [4.69, 9.17) is 0 Å². The van der Waals surface area contributed by atoms with Crippen LogP contribution in [-0.4, -0.2) is 12.5 Å². The van der Waals surface area contributed by atoms with Crippen molar-refractivity contribution in [1.29, 1.82) is 0 Å². The number of amides is 1. The highest BCUT2D eigenvalue weighted by Gasteiger charge is 2.14. The van der Waals surface area contributed by atoms with E-state index in [2.05, 4.69) is 50.5 Å². The first-order chi connectivity index (χ1) is 9.12. The van der Waals surface area contributed by atoms with Gasteiger partial charge in [-0.05, 0) is 44.0 Å². The number of benzene rings is 1. The third-order valence-electron chi connectivity index (χ3n) is 3.54. The summed E-state index contributed by atoms with van der Waals surface area (Å²) in [5, 5.41) is 6.35. The van der Waals surface area contributed by atoms with Crippen molar-refractivity contribution in [2.45, 2.75) is 46.6 Å². The normalized spacial score (nSPS) is 12.5.